The van der Waals surface area contributed by atoms with Crippen molar-refractivity contribution in [3.8, 4) is 0 Å². The number of hydrogen-bond donors (Lipinski definition) is 0. The SMILES string of the molecule is CC(C)C.CCOC(=O)C(C)(C)C.CCOC(=O)C(C)C.CCOC(=O)CC. The minimum Gasteiger partial charge on any atom is -0.466 e. The highest BCUT2D eigenvalue weighted by atomic mass is 16.5. The van der Waals surface area contributed by atoms with Crippen LogP contribution in [0.1, 0.15) is 89.5 Å². The van der Waals surface area contributed by atoms with Crippen molar-refractivity contribution >= 4 is 17.9 Å². The lowest BCUT2D eigenvalue weighted by Gasteiger charge is -2.14. The molecule has 6 nitrogen and oxygen atoms in total. The van der Waals surface area contributed by atoms with Gasteiger partial charge in [0, 0.05) is 6.42 Å². The third-order valence-corrected chi connectivity index (χ3v) is 2.24. The molecule has 0 saturated carbocycles. The van der Waals surface area contributed by atoms with Gasteiger partial charge in [0.05, 0.1) is 31.2 Å². The maximum Gasteiger partial charge on any atom is 0.311 e. The molecule has 0 aliphatic heterocycles. The highest BCUT2D eigenvalue weighted by molar-refractivity contribution is 5.75. The summed E-state index contributed by atoms with van der Waals surface area (Å²) >= 11 is 0. The van der Waals surface area contributed by atoms with Crippen LogP contribution in [0.4, 0.5) is 0 Å². The predicted molar refractivity (Wildman–Crippen MR) is 115 cm³/mol. The quantitative estimate of drug-likeness (QED) is 0.448. The molecule has 0 bridgehead atoms. The highest BCUT2D eigenvalue weighted by Crippen LogP contribution is 2.14. The van der Waals surface area contributed by atoms with Crippen LogP contribution < -0.4 is 0 Å². The molecular formula is C22H46O6. The first-order chi connectivity index (χ1) is 12.7. The van der Waals surface area contributed by atoms with Gasteiger partial charge in [0.1, 0.15) is 0 Å². The average Bonchev–Trinajstić information content (AvgIpc) is 2.55. The molecule has 0 fully saturated rings. The Morgan fingerprint density at radius 3 is 1.18 bits per heavy atom. The molecule has 0 aromatic rings. The summed E-state index contributed by atoms with van der Waals surface area (Å²) < 4.78 is 14.0. The maximum atomic E-state index is 10.8. The Kier molecular flexibility index (Phi) is 26.3. The number of carbonyl (C=O) groups is 3. The van der Waals surface area contributed by atoms with E-state index in [4.69, 9.17) is 4.74 Å². The van der Waals surface area contributed by atoms with Crippen LogP contribution in [0.25, 0.3) is 0 Å². The zero-order valence-corrected chi connectivity index (χ0v) is 20.4. The number of carbonyl (C=O) groups excluding carboxylic acids is 3. The molecule has 0 saturated heterocycles. The molecule has 0 aromatic carbocycles. The minimum absolute atomic E-state index is 0.00921. The van der Waals surface area contributed by atoms with Crippen molar-refractivity contribution in [2.75, 3.05) is 19.8 Å². The Balaban J connectivity index is -0.000000142. The fourth-order valence-electron chi connectivity index (χ4n) is 0.920. The number of ether oxygens (including phenoxy) is 3. The summed E-state index contributed by atoms with van der Waals surface area (Å²) in [6.45, 7) is 24.3. The lowest BCUT2D eigenvalue weighted by molar-refractivity contribution is -0.152. The van der Waals surface area contributed by atoms with E-state index in [2.05, 4.69) is 30.2 Å². The lowest BCUT2D eigenvalue weighted by atomic mass is 9.97. The Labute approximate surface area is 173 Å². The van der Waals surface area contributed by atoms with Crippen molar-refractivity contribution < 1.29 is 28.6 Å². The van der Waals surface area contributed by atoms with Crippen molar-refractivity contribution in [1.82, 2.24) is 0 Å². The van der Waals surface area contributed by atoms with Crippen LogP contribution in [-0.4, -0.2) is 37.7 Å². The lowest BCUT2D eigenvalue weighted by Crippen LogP contribution is -2.22. The molecule has 0 radical (unpaired) electrons. The summed E-state index contributed by atoms with van der Waals surface area (Å²) in [7, 11) is 0. The van der Waals surface area contributed by atoms with Crippen LogP contribution in [0.2, 0.25) is 0 Å². The summed E-state index contributed by atoms with van der Waals surface area (Å²) in [4.78, 5) is 31.6. The summed E-state index contributed by atoms with van der Waals surface area (Å²) in [5, 5.41) is 0. The molecule has 0 aliphatic rings. The van der Waals surface area contributed by atoms with E-state index in [0.717, 1.165) is 5.92 Å². The predicted octanol–water partition coefficient (Wildman–Crippen LogP) is 5.42. The summed E-state index contributed by atoms with van der Waals surface area (Å²) in [5.41, 5.74) is -0.351. The van der Waals surface area contributed by atoms with Crippen LogP contribution in [0.5, 0.6) is 0 Å². The Hall–Kier alpha value is -1.59. The molecule has 0 aromatic heterocycles. The second kappa shape index (κ2) is 21.7. The number of rotatable bonds is 5. The van der Waals surface area contributed by atoms with Gasteiger partial charge in [0.15, 0.2) is 0 Å². The first kappa shape index (κ1) is 34.0. The zero-order valence-electron chi connectivity index (χ0n) is 20.4. The molecule has 170 valence electrons. The average molecular weight is 407 g/mol. The monoisotopic (exact) mass is 406 g/mol. The first-order valence-electron chi connectivity index (χ1n) is 10.2. The van der Waals surface area contributed by atoms with Gasteiger partial charge in [-0.25, -0.2) is 0 Å². The molecule has 0 aliphatic carbocycles. The second-order valence-electron chi connectivity index (χ2n) is 7.77. The van der Waals surface area contributed by atoms with Crippen molar-refractivity contribution in [2.45, 2.75) is 89.5 Å². The van der Waals surface area contributed by atoms with Gasteiger partial charge in [0.25, 0.3) is 0 Å². The summed E-state index contributed by atoms with van der Waals surface area (Å²) in [5.74, 6) is 0.468. The van der Waals surface area contributed by atoms with Crippen LogP contribution in [0, 0.1) is 17.3 Å². The molecule has 0 rings (SSSR count). The van der Waals surface area contributed by atoms with Crippen molar-refractivity contribution in [1.29, 1.82) is 0 Å². The van der Waals surface area contributed by atoms with E-state index < -0.39 is 0 Å². The fourth-order valence-corrected chi connectivity index (χ4v) is 0.920. The van der Waals surface area contributed by atoms with Crippen molar-refractivity contribution in [2.24, 2.45) is 17.3 Å². The van der Waals surface area contributed by atoms with Gasteiger partial charge in [-0.15, -0.1) is 0 Å². The van der Waals surface area contributed by atoms with E-state index in [9.17, 15) is 14.4 Å². The van der Waals surface area contributed by atoms with Gasteiger partial charge < -0.3 is 14.2 Å². The molecule has 0 heterocycles. The largest absolute Gasteiger partial charge is 0.466 e. The van der Waals surface area contributed by atoms with Gasteiger partial charge in [0.2, 0.25) is 0 Å². The topological polar surface area (TPSA) is 78.9 Å². The van der Waals surface area contributed by atoms with Gasteiger partial charge in [-0.3, -0.25) is 14.4 Å². The third kappa shape index (κ3) is 35.5. The fraction of sp³-hybridized carbons (Fsp3) is 0.864. The van der Waals surface area contributed by atoms with Crippen LogP contribution in [0.3, 0.4) is 0 Å². The third-order valence-electron chi connectivity index (χ3n) is 2.24. The molecule has 0 spiro atoms. The Morgan fingerprint density at radius 2 is 1.07 bits per heavy atom. The zero-order chi connectivity index (χ0) is 23.3. The molecule has 6 heteroatoms. The Morgan fingerprint density at radius 1 is 0.714 bits per heavy atom. The Bertz CT molecular complexity index is 378. The van der Waals surface area contributed by atoms with Gasteiger partial charge in [-0.1, -0.05) is 41.5 Å². The molecule has 28 heavy (non-hydrogen) atoms. The molecule has 0 unspecified atom stereocenters. The summed E-state index contributed by atoms with van der Waals surface area (Å²) in [6.07, 6.45) is 0.480. The number of esters is 3. The van der Waals surface area contributed by atoms with Gasteiger partial charge in [-0.2, -0.15) is 0 Å². The van der Waals surface area contributed by atoms with E-state index in [1.54, 1.807) is 20.8 Å². The van der Waals surface area contributed by atoms with Gasteiger partial charge >= 0.3 is 17.9 Å². The van der Waals surface area contributed by atoms with E-state index in [-0.39, 0.29) is 29.2 Å². The van der Waals surface area contributed by atoms with E-state index in [1.165, 1.54) is 0 Å². The normalized spacial score (nSPS) is 9.64. The molecule has 0 amide bonds. The van der Waals surface area contributed by atoms with Gasteiger partial charge in [-0.05, 0) is 47.5 Å². The van der Waals surface area contributed by atoms with Crippen LogP contribution >= 0.6 is 0 Å². The van der Waals surface area contributed by atoms with Crippen molar-refractivity contribution in [3.63, 3.8) is 0 Å². The summed E-state index contributed by atoms with van der Waals surface area (Å²) in [6, 6.07) is 0. The highest BCUT2D eigenvalue weighted by Gasteiger charge is 2.21. The van der Waals surface area contributed by atoms with E-state index in [0.29, 0.717) is 26.2 Å². The van der Waals surface area contributed by atoms with Crippen LogP contribution in [-0.2, 0) is 28.6 Å². The second-order valence-corrected chi connectivity index (χ2v) is 7.77. The molecule has 0 atom stereocenters. The van der Waals surface area contributed by atoms with E-state index in [1.807, 2.05) is 41.5 Å². The first-order valence-corrected chi connectivity index (χ1v) is 10.2. The maximum absolute atomic E-state index is 10.8. The minimum atomic E-state index is -0.351. The smallest absolute Gasteiger partial charge is 0.311 e. The molecule has 0 N–H and O–H groups in total. The van der Waals surface area contributed by atoms with Crippen molar-refractivity contribution in [3.05, 3.63) is 0 Å². The van der Waals surface area contributed by atoms with E-state index >= 15 is 0 Å². The van der Waals surface area contributed by atoms with Crippen LogP contribution in [0.15, 0.2) is 0 Å². The number of hydrogen-bond acceptors (Lipinski definition) is 6. The standard InChI is InChI=1S/C7H14O2.C6H12O2.C5H10O2.C4H10/c1-5-9-6(8)7(2,3)4;1-4-8-6(7)5(2)3;1-3-5(6)7-4-2;1-4(2)3/h5H2,1-4H3;5H,4H2,1-3H3;3-4H2,1-2H3;4H,1-3H3. The molecular weight excluding hydrogens is 360 g/mol.